The lowest BCUT2D eigenvalue weighted by molar-refractivity contribution is 0.0463. The van der Waals surface area contributed by atoms with Crippen LogP contribution in [0.2, 0.25) is 0 Å². The third kappa shape index (κ3) is 3.32. The van der Waals surface area contributed by atoms with Gasteiger partial charge in [-0.05, 0) is 50.4 Å². The van der Waals surface area contributed by atoms with Gasteiger partial charge in [-0.1, -0.05) is 34.5 Å². The molecule has 3 rings (SSSR count). The van der Waals surface area contributed by atoms with Crippen LogP contribution in [0.25, 0.3) is 0 Å². The number of nitrogens with one attached hydrogen (secondary N) is 1. The molecule has 21 heavy (non-hydrogen) atoms. The summed E-state index contributed by atoms with van der Waals surface area (Å²) in [5.74, 6) is 0.0729. The van der Waals surface area contributed by atoms with E-state index >= 15 is 0 Å². The number of rotatable bonds is 3. The number of amides is 1. The fourth-order valence-electron chi connectivity index (χ4n) is 3.75. The van der Waals surface area contributed by atoms with Gasteiger partial charge in [0.1, 0.15) is 0 Å². The molecular formula is C17H23BrN2O. The normalized spacial score (nSPS) is 29.1. The van der Waals surface area contributed by atoms with Crippen molar-refractivity contribution >= 4 is 21.8 Å². The summed E-state index contributed by atoms with van der Waals surface area (Å²) in [5.41, 5.74) is 1.96. The van der Waals surface area contributed by atoms with Gasteiger partial charge < -0.3 is 10.2 Å². The van der Waals surface area contributed by atoms with Crippen molar-refractivity contribution in [1.29, 1.82) is 0 Å². The Morgan fingerprint density at radius 3 is 2.43 bits per heavy atom. The monoisotopic (exact) mass is 350 g/mol. The van der Waals surface area contributed by atoms with Crippen LogP contribution in [-0.4, -0.2) is 36.0 Å². The third-order valence-electron chi connectivity index (χ3n) is 5.05. The minimum absolute atomic E-state index is 0.0729. The molecular weight excluding hydrogens is 328 g/mol. The van der Waals surface area contributed by atoms with Crippen molar-refractivity contribution in [2.45, 2.75) is 55.6 Å². The highest BCUT2D eigenvalue weighted by atomic mass is 79.9. The summed E-state index contributed by atoms with van der Waals surface area (Å²) < 4.78 is 0. The summed E-state index contributed by atoms with van der Waals surface area (Å²) in [7, 11) is 2.24. The Morgan fingerprint density at radius 2 is 1.86 bits per heavy atom. The quantitative estimate of drug-likeness (QED) is 0.848. The Bertz CT molecular complexity index is 488. The van der Waals surface area contributed by atoms with Gasteiger partial charge in [-0.15, -0.1) is 0 Å². The van der Waals surface area contributed by atoms with E-state index in [1.807, 2.05) is 24.3 Å². The first-order valence-corrected chi connectivity index (χ1v) is 8.97. The molecule has 2 aliphatic heterocycles. The highest BCUT2D eigenvalue weighted by Gasteiger charge is 2.36. The van der Waals surface area contributed by atoms with E-state index in [0.717, 1.165) is 23.7 Å². The van der Waals surface area contributed by atoms with Crippen molar-refractivity contribution < 1.29 is 4.79 Å². The highest BCUT2D eigenvalue weighted by molar-refractivity contribution is 9.08. The Balaban J connectivity index is 1.62. The molecule has 2 saturated heterocycles. The summed E-state index contributed by atoms with van der Waals surface area (Å²) in [6.07, 6.45) is 6.09. The van der Waals surface area contributed by atoms with Gasteiger partial charge in [-0.2, -0.15) is 0 Å². The second-order valence-corrected chi connectivity index (χ2v) is 6.94. The molecule has 1 amide bonds. The van der Waals surface area contributed by atoms with Crippen molar-refractivity contribution in [1.82, 2.24) is 10.2 Å². The van der Waals surface area contributed by atoms with Crippen molar-refractivity contribution in [3.63, 3.8) is 0 Å². The van der Waals surface area contributed by atoms with Gasteiger partial charge in [0.15, 0.2) is 0 Å². The van der Waals surface area contributed by atoms with Crippen LogP contribution in [-0.2, 0) is 5.33 Å². The maximum Gasteiger partial charge on any atom is 0.251 e. The Kier molecular flexibility index (Phi) is 4.65. The van der Waals surface area contributed by atoms with E-state index < -0.39 is 0 Å². The zero-order valence-electron chi connectivity index (χ0n) is 12.5. The number of nitrogens with zero attached hydrogens (tertiary/aromatic N) is 1. The number of alkyl halides is 1. The zero-order valence-corrected chi connectivity index (χ0v) is 14.1. The molecule has 0 saturated carbocycles. The molecule has 2 unspecified atom stereocenters. The lowest BCUT2D eigenvalue weighted by Crippen LogP contribution is -2.55. The van der Waals surface area contributed by atoms with Crippen LogP contribution in [0.3, 0.4) is 0 Å². The number of piperidine rings is 2. The van der Waals surface area contributed by atoms with E-state index in [-0.39, 0.29) is 5.91 Å². The standard InChI is InChI=1S/C17H23BrN2O/c1-20-15-3-2-4-16(20)10-14(9-15)19-17(21)13-7-5-12(11-18)6-8-13/h5-8,14-16H,2-4,9-11H2,1H3,(H,19,21). The average molecular weight is 351 g/mol. The van der Waals surface area contributed by atoms with Crippen LogP contribution in [0.5, 0.6) is 0 Å². The topological polar surface area (TPSA) is 32.3 Å². The van der Waals surface area contributed by atoms with Gasteiger partial charge in [-0.25, -0.2) is 0 Å². The van der Waals surface area contributed by atoms with Gasteiger partial charge in [0.25, 0.3) is 5.91 Å². The van der Waals surface area contributed by atoms with E-state index in [1.165, 1.54) is 24.8 Å². The highest BCUT2D eigenvalue weighted by Crippen LogP contribution is 2.32. The average Bonchev–Trinajstić information content (AvgIpc) is 2.48. The van der Waals surface area contributed by atoms with Crippen LogP contribution in [0.15, 0.2) is 24.3 Å². The summed E-state index contributed by atoms with van der Waals surface area (Å²) in [4.78, 5) is 14.9. The van der Waals surface area contributed by atoms with E-state index in [0.29, 0.717) is 18.1 Å². The molecule has 2 atom stereocenters. The number of hydrogen-bond donors (Lipinski definition) is 1. The molecule has 114 valence electrons. The fraction of sp³-hybridized carbons (Fsp3) is 0.588. The Labute approximate surface area is 135 Å². The predicted molar refractivity (Wildman–Crippen MR) is 88.8 cm³/mol. The third-order valence-corrected chi connectivity index (χ3v) is 5.69. The molecule has 1 aromatic rings. The number of hydrogen-bond acceptors (Lipinski definition) is 2. The van der Waals surface area contributed by atoms with E-state index in [9.17, 15) is 4.79 Å². The molecule has 0 radical (unpaired) electrons. The van der Waals surface area contributed by atoms with Gasteiger partial charge in [-0.3, -0.25) is 4.79 Å². The first-order valence-electron chi connectivity index (χ1n) is 7.85. The van der Waals surface area contributed by atoms with Crippen molar-refractivity contribution in [3.05, 3.63) is 35.4 Å². The summed E-state index contributed by atoms with van der Waals surface area (Å²) >= 11 is 3.43. The molecule has 2 fully saturated rings. The maximum atomic E-state index is 12.4. The van der Waals surface area contributed by atoms with Crippen LogP contribution in [0, 0.1) is 0 Å². The fourth-order valence-corrected chi connectivity index (χ4v) is 4.12. The van der Waals surface area contributed by atoms with Crippen molar-refractivity contribution in [3.8, 4) is 0 Å². The minimum atomic E-state index is 0.0729. The van der Waals surface area contributed by atoms with Gasteiger partial charge in [0.2, 0.25) is 0 Å². The predicted octanol–water partition coefficient (Wildman–Crippen LogP) is 3.33. The van der Waals surface area contributed by atoms with Crippen LogP contribution >= 0.6 is 15.9 Å². The van der Waals surface area contributed by atoms with Gasteiger partial charge in [0.05, 0.1) is 0 Å². The number of carbonyl (C=O) groups is 1. The Morgan fingerprint density at radius 1 is 1.24 bits per heavy atom. The lowest BCUT2D eigenvalue weighted by atomic mass is 9.82. The smallest absolute Gasteiger partial charge is 0.251 e. The largest absolute Gasteiger partial charge is 0.349 e. The summed E-state index contributed by atoms with van der Waals surface area (Å²) in [6, 6.07) is 9.49. The second-order valence-electron chi connectivity index (χ2n) is 6.38. The van der Waals surface area contributed by atoms with Crippen LogP contribution in [0.4, 0.5) is 0 Å². The molecule has 0 spiro atoms. The molecule has 2 bridgehead atoms. The zero-order chi connectivity index (χ0) is 14.8. The molecule has 1 N–H and O–H groups in total. The Hall–Kier alpha value is -0.870. The number of benzene rings is 1. The molecule has 0 aliphatic carbocycles. The molecule has 2 aliphatic rings. The maximum absolute atomic E-state index is 12.4. The number of halogens is 1. The molecule has 1 aromatic carbocycles. The molecule has 2 heterocycles. The van der Waals surface area contributed by atoms with Crippen LogP contribution < -0.4 is 5.32 Å². The number of carbonyl (C=O) groups excluding carboxylic acids is 1. The van der Waals surface area contributed by atoms with Gasteiger partial charge in [0, 0.05) is 29.0 Å². The SMILES string of the molecule is CN1C2CCCC1CC(NC(=O)c1ccc(CBr)cc1)C2. The van der Waals surface area contributed by atoms with Gasteiger partial charge >= 0.3 is 0 Å². The van der Waals surface area contributed by atoms with E-state index in [1.54, 1.807) is 0 Å². The van der Waals surface area contributed by atoms with Crippen LogP contribution in [0.1, 0.15) is 48.0 Å². The van der Waals surface area contributed by atoms with Crippen molar-refractivity contribution in [2.24, 2.45) is 0 Å². The second kappa shape index (κ2) is 6.49. The number of fused-ring (bicyclic) bond motifs is 2. The molecule has 3 nitrogen and oxygen atoms in total. The minimum Gasteiger partial charge on any atom is -0.349 e. The molecule has 0 aromatic heterocycles. The lowest BCUT2D eigenvalue weighted by Gasteiger charge is -2.47. The van der Waals surface area contributed by atoms with Crippen molar-refractivity contribution in [2.75, 3.05) is 7.05 Å². The summed E-state index contributed by atoms with van der Waals surface area (Å²) in [6.45, 7) is 0. The molecule has 4 heteroatoms. The van der Waals surface area contributed by atoms with E-state index in [2.05, 4.69) is 33.2 Å². The first-order chi connectivity index (χ1) is 10.2. The summed E-state index contributed by atoms with van der Waals surface area (Å²) in [5, 5.41) is 4.07. The first kappa shape index (κ1) is 15.0. The van der Waals surface area contributed by atoms with E-state index in [4.69, 9.17) is 0 Å².